The highest BCUT2D eigenvalue weighted by Crippen LogP contribution is 2.24. The van der Waals surface area contributed by atoms with E-state index in [0.29, 0.717) is 0 Å². The fourth-order valence-electron chi connectivity index (χ4n) is 2.45. The number of anilines is 1. The van der Waals surface area contributed by atoms with Crippen LogP contribution in [-0.4, -0.2) is 21.1 Å². The second-order valence-electron chi connectivity index (χ2n) is 4.89. The molecule has 6 nitrogen and oxygen atoms in total. The van der Waals surface area contributed by atoms with Gasteiger partial charge in [-0.15, -0.1) is 0 Å². The molecule has 1 saturated carbocycles. The molecule has 3 rings (SSSR count). The largest absolute Gasteiger partial charge is 0.398 e. The summed E-state index contributed by atoms with van der Waals surface area (Å²) >= 11 is 0. The predicted octanol–water partition coefficient (Wildman–Crippen LogP) is 1.15. The molecule has 0 spiro atoms. The Morgan fingerprint density at radius 1 is 1.52 bits per heavy atom. The van der Waals surface area contributed by atoms with Gasteiger partial charge in [0.2, 0.25) is 0 Å². The van der Waals surface area contributed by atoms with E-state index in [0.717, 1.165) is 4.57 Å². The number of rotatable bonds is 1. The Bertz CT molecular complexity index is 956. The molecule has 0 radical (unpaired) electrons. The maximum Gasteiger partial charge on any atom is 0.264 e. The number of fused-ring (bicyclic) bond motifs is 1. The van der Waals surface area contributed by atoms with Gasteiger partial charge in [0.05, 0.1) is 26.1 Å². The minimum absolute atomic E-state index is 0.00171. The van der Waals surface area contributed by atoms with Gasteiger partial charge in [0.1, 0.15) is 11.6 Å². The lowest BCUT2D eigenvalue weighted by molar-refractivity contribution is -0.132. The van der Waals surface area contributed by atoms with Crippen LogP contribution in [0.4, 0.5) is 5.69 Å². The summed E-state index contributed by atoms with van der Waals surface area (Å²) in [5, 5.41) is -0.0587. The number of ketones is 2. The van der Waals surface area contributed by atoms with Crippen LogP contribution in [0.25, 0.3) is 10.9 Å². The van der Waals surface area contributed by atoms with Gasteiger partial charge in [-0.25, -0.2) is 4.98 Å². The topological polar surface area (TPSA) is 95.0 Å². The summed E-state index contributed by atoms with van der Waals surface area (Å²) < 4.78 is 25.2. The van der Waals surface area contributed by atoms with Crippen LogP contribution in [0.2, 0.25) is 0 Å². The van der Waals surface area contributed by atoms with Crippen molar-refractivity contribution in [1.29, 1.82) is 0 Å². The van der Waals surface area contributed by atoms with Crippen LogP contribution in [0.3, 0.4) is 0 Å². The highest BCUT2D eigenvalue weighted by Gasteiger charge is 2.30. The molecule has 6 heteroatoms. The highest BCUT2D eigenvalue weighted by atomic mass is 16.2. The van der Waals surface area contributed by atoms with E-state index in [-0.39, 0.29) is 34.9 Å². The zero-order valence-electron chi connectivity index (χ0n) is 14.3. The lowest BCUT2D eigenvalue weighted by atomic mass is 9.92. The Hall–Kier alpha value is -2.50. The van der Waals surface area contributed by atoms with Crippen LogP contribution >= 0.6 is 0 Å². The number of aromatic nitrogens is 2. The first-order chi connectivity index (χ1) is 11.2. The van der Waals surface area contributed by atoms with Gasteiger partial charge in [-0.3, -0.25) is 19.0 Å². The number of nitrogens with two attached hydrogens (primary N) is 1. The molecule has 2 aromatic rings. The molecule has 2 unspecified atom stereocenters. The first kappa shape index (κ1) is 10.3. The minimum atomic E-state index is -2.24. The predicted molar refractivity (Wildman–Crippen MR) is 78.1 cm³/mol. The molecule has 0 saturated heterocycles. The number of aryl methyl sites for hydroxylation is 1. The summed E-state index contributed by atoms with van der Waals surface area (Å²) in [6.45, 7) is 1.43. The summed E-state index contributed by atoms with van der Waals surface area (Å²) in [7, 11) is 0. The number of benzene rings is 1. The molecule has 0 bridgehead atoms. The van der Waals surface area contributed by atoms with Crippen LogP contribution in [-0.2, 0) is 9.59 Å². The van der Waals surface area contributed by atoms with Crippen molar-refractivity contribution in [2.24, 2.45) is 0 Å². The van der Waals surface area contributed by atoms with Gasteiger partial charge in [0.25, 0.3) is 5.56 Å². The van der Waals surface area contributed by atoms with Crippen molar-refractivity contribution in [2.75, 3.05) is 5.73 Å². The summed E-state index contributed by atoms with van der Waals surface area (Å²) in [6.07, 6.45) is -2.19. The molecule has 1 aliphatic rings. The van der Waals surface area contributed by atoms with E-state index < -0.39 is 36.0 Å². The van der Waals surface area contributed by atoms with Crippen molar-refractivity contribution in [2.45, 2.75) is 32.2 Å². The van der Waals surface area contributed by atoms with Crippen molar-refractivity contribution in [3.8, 4) is 0 Å². The standard InChI is InChI=1S/C15H15N3O3/c1-8-17-11-4-2-3-10(16)14(11)15(21)18(8)12-6-5-9(19)7-13(12)20/h2-4,12H,5-7,16H2,1H3/i4D,6D,12D. The van der Waals surface area contributed by atoms with Gasteiger partial charge < -0.3 is 5.73 Å². The second kappa shape index (κ2) is 4.80. The van der Waals surface area contributed by atoms with Crippen molar-refractivity contribution >= 4 is 28.2 Å². The number of Topliss-reactive ketones (excluding diaryl/α,β-unsaturated/α-hetero) is 2. The molecule has 2 atom stereocenters. The van der Waals surface area contributed by atoms with Gasteiger partial charge in [0, 0.05) is 13.5 Å². The van der Waals surface area contributed by atoms with Crippen LogP contribution in [0, 0.1) is 6.92 Å². The zero-order chi connectivity index (χ0) is 17.8. The van der Waals surface area contributed by atoms with Crippen LogP contribution in [0.1, 0.15) is 35.2 Å². The van der Waals surface area contributed by atoms with Gasteiger partial charge in [-0.2, -0.15) is 0 Å². The molecule has 0 aliphatic heterocycles. The summed E-state index contributed by atoms with van der Waals surface area (Å²) in [5.74, 6) is -1.21. The highest BCUT2D eigenvalue weighted by molar-refractivity contribution is 6.03. The quantitative estimate of drug-likeness (QED) is 0.627. The fraction of sp³-hybridized carbons (Fsp3) is 0.333. The third-order valence-corrected chi connectivity index (χ3v) is 3.43. The van der Waals surface area contributed by atoms with Gasteiger partial charge >= 0.3 is 0 Å². The van der Waals surface area contributed by atoms with E-state index >= 15 is 0 Å². The van der Waals surface area contributed by atoms with E-state index in [1.807, 2.05) is 0 Å². The molecule has 2 N–H and O–H groups in total. The Morgan fingerprint density at radius 3 is 3.00 bits per heavy atom. The van der Waals surface area contributed by atoms with Gasteiger partial charge in [-0.05, 0) is 25.4 Å². The summed E-state index contributed by atoms with van der Waals surface area (Å²) in [6, 6.07) is 0.551. The Kier molecular flexibility index (Phi) is 2.35. The Labute approximate surface area is 124 Å². The number of carbonyl (C=O) groups is 2. The average Bonchev–Trinajstić information content (AvgIpc) is 2.48. The molecular weight excluding hydrogens is 270 g/mol. The number of nitrogen functional groups attached to an aromatic ring is 1. The SMILES string of the molecule is [2H]c1ccc(N)c2c(=O)n(C3([2H])C(=O)CC(=O)CC3[2H])c(C)nc12. The fourth-order valence-corrected chi connectivity index (χ4v) is 2.45. The zero-order valence-corrected chi connectivity index (χ0v) is 11.3. The normalized spacial score (nSPS) is 28.2. The van der Waals surface area contributed by atoms with E-state index in [1.165, 1.54) is 19.1 Å². The molecular formula is C15H15N3O3. The van der Waals surface area contributed by atoms with Gasteiger partial charge in [-0.1, -0.05) is 6.07 Å². The molecule has 21 heavy (non-hydrogen) atoms. The van der Waals surface area contributed by atoms with Crippen LogP contribution in [0.5, 0.6) is 0 Å². The molecule has 1 aliphatic carbocycles. The van der Waals surface area contributed by atoms with E-state index in [1.54, 1.807) is 0 Å². The number of hydrogen-bond donors (Lipinski definition) is 1. The molecule has 1 heterocycles. The first-order valence-electron chi connectivity index (χ1n) is 8.01. The van der Waals surface area contributed by atoms with Gasteiger partial charge in [0.15, 0.2) is 5.78 Å². The lowest BCUT2D eigenvalue weighted by Gasteiger charge is -2.24. The molecule has 1 aromatic heterocycles. The van der Waals surface area contributed by atoms with Crippen molar-refractivity contribution < 1.29 is 13.7 Å². The molecule has 0 amide bonds. The smallest absolute Gasteiger partial charge is 0.264 e. The number of carbonyl (C=O) groups excluding carboxylic acids is 2. The molecule has 1 fully saturated rings. The third-order valence-electron chi connectivity index (χ3n) is 3.43. The van der Waals surface area contributed by atoms with Crippen molar-refractivity contribution in [3.63, 3.8) is 0 Å². The number of hydrogen-bond acceptors (Lipinski definition) is 5. The number of nitrogens with zero attached hydrogens (tertiary/aromatic N) is 2. The van der Waals surface area contributed by atoms with Crippen LogP contribution in [0.15, 0.2) is 23.0 Å². The monoisotopic (exact) mass is 288 g/mol. The molecule has 108 valence electrons. The van der Waals surface area contributed by atoms with Crippen LogP contribution < -0.4 is 11.3 Å². The summed E-state index contributed by atoms with van der Waals surface area (Å²) in [5.41, 5.74) is 5.24. The Morgan fingerprint density at radius 2 is 2.29 bits per heavy atom. The second-order valence-corrected chi connectivity index (χ2v) is 4.89. The maximum atomic E-state index is 12.9. The third kappa shape index (κ3) is 2.12. The lowest BCUT2D eigenvalue weighted by Crippen LogP contribution is -2.36. The van der Waals surface area contributed by atoms with E-state index in [2.05, 4.69) is 4.98 Å². The Balaban J connectivity index is 2.39. The van der Waals surface area contributed by atoms with Crippen molar-refractivity contribution in [1.82, 2.24) is 9.55 Å². The first-order valence-corrected chi connectivity index (χ1v) is 6.44. The average molecular weight is 288 g/mol. The molecule has 1 aromatic carbocycles. The van der Waals surface area contributed by atoms with E-state index in [9.17, 15) is 14.4 Å². The minimum Gasteiger partial charge on any atom is -0.398 e. The summed E-state index contributed by atoms with van der Waals surface area (Å²) in [4.78, 5) is 40.9. The van der Waals surface area contributed by atoms with E-state index in [4.69, 9.17) is 9.85 Å². The van der Waals surface area contributed by atoms with Crippen molar-refractivity contribution in [3.05, 3.63) is 34.4 Å². The maximum absolute atomic E-state index is 12.9.